The average Bonchev–Trinajstić information content (AvgIpc) is 2.20. The molecule has 2 nitrogen and oxygen atoms in total. The molecule has 0 aromatic heterocycles. The van der Waals surface area contributed by atoms with Crippen LogP contribution < -0.4 is 4.74 Å². The molecule has 0 fully saturated rings. The van der Waals surface area contributed by atoms with E-state index in [9.17, 15) is 4.79 Å². The van der Waals surface area contributed by atoms with Crippen molar-refractivity contribution >= 4 is 21.7 Å². The first kappa shape index (κ1) is 13.2. The summed E-state index contributed by atoms with van der Waals surface area (Å²) in [6.45, 7) is 7.72. The van der Waals surface area contributed by atoms with E-state index in [-0.39, 0.29) is 11.4 Å². The Hall–Kier alpha value is -0.830. The van der Waals surface area contributed by atoms with Crippen molar-refractivity contribution in [1.82, 2.24) is 0 Å². The lowest BCUT2D eigenvalue weighted by atomic mass is 10.1. The van der Waals surface area contributed by atoms with E-state index in [1.165, 1.54) is 0 Å². The van der Waals surface area contributed by atoms with Crippen LogP contribution in [0.25, 0.3) is 0 Å². The fraction of sp³-hybridized carbons (Fsp3) is 0.462. The van der Waals surface area contributed by atoms with Crippen LogP contribution in [0.3, 0.4) is 0 Å². The van der Waals surface area contributed by atoms with Gasteiger partial charge < -0.3 is 4.74 Å². The van der Waals surface area contributed by atoms with E-state index in [2.05, 4.69) is 22.9 Å². The predicted octanol–water partition coefficient (Wildman–Crippen LogP) is 4.22. The fourth-order valence-electron chi connectivity index (χ4n) is 1.17. The van der Waals surface area contributed by atoms with Crippen molar-refractivity contribution in [2.45, 2.75) is 39.7 Å². The minimum absolute atomic E-state index is 0.0574. The normalized spacial score (nSPS) is 11.3. The van der Waals surface area contributed by atoms with Gasteiger partial charge in [0.25, 0.3) is 0 Å². The van der Waals surface area contributed by atoms with Crippen LogP contribution >= 0.6 is 15.9 Å². The van der Waals surface area contributed by atoms with Crippen LogP contribution in [0, 0.1) is 0 Å². The van der Waals surface area contributed by atoms with Gasteiger partial charge in [-0.3, -0.25) is 4.79 Å². The number of halogens is 1. The van der Waals surface area contributed by atoms with Gasteiger partial charge >= 0.3 is 0 Å². The standard InChI is InChI=1S/C13H17BrO2/c1-5-13(3,4)16-12-7-6-10(9(2)15)8-11(12)14/h6-8H,5H2,1-4H3. The first-order chi connectivity index (χ1) is 7.35. The number of hydrogen-bond donors (Lipinski definition) is 0. The smallest absolute Gasteiger partial charge is 0.159 e. The molecule has 0 atom stereocenters. The van der Waals surface area contributed by atoms with Gasteiger partial charge in [0.05, 0.1) is 4.47 Å². The molecule has 1 aromatic carbocycles. The van der Waals surface area contributed by atoms with Crippen molar-refractivity contribution in [2.75, 3.05) is 0 Å². The van der Waals surface area contributed by atoms with Crippen LogP contribution in [0.1, 0.15) is 44.5 Å². The van der Waals surface area contributed by atoms with E-state index in [4.69, 9.17) is 4.74 Å². The monoisotopic (exact) mass is 284 g/mol. The van der Waals surface area contributed by atoms with Crippen LogP contribution in [-0.4, -0.2) is 11.4 Å². The molecular weight excluding hydrogens is 268 g/mol. The Labute approximate surface area is 105 Å². The first-order valence-electron chi connectivity index (χ1n) is 5.35. The molecule has 0 unspecified atom stereocenters. The summed E-state index contributed by atoms with van der Waals surface area (Å²) < 4.78 is 6.68. The second-order valence-corrected chi connectivity index (χ2v) is 5.27. The maximum atomic E-state index is 11.2. The summed E-state index contributed by atoms with van der Waals surface area (Å²) in [6, 6.07) is 5.41. The molecule has 0 radical (unpaired) electrons. The van der Waals surface area contributed by atoms with E-state index in [0.29, 0.717) is 5.56 Å². The highest BCUT2D eigenvalue weighted by molar-refractivity contribution is 9.10. The van der Waals surface area contributed by atoms with Gasteiger partial charge in [0.15, 0.2) is 5.78 Å². The van der Waals surface area contributed by atoms with E-state index in [0.717, 1.165) is 16.6 Å². The number of Topliss-reactive ketones (excluding diaryl/α,β-unsaturated/α-hetero) is 1. The Morgan fingerprint density at radius 2 is 2.06 bits per heavy atom. The maximum Gasteiger partial charge on any atom is 0.159 e. The molecule has 1 aromatic rings. The van der Waals surface area contributed by atoms with Crippen LogP contribution in [0.4, 0.5) is 0 Å². The highest BCUT2D eigenvalue weighted by Crippen LogP contribution is 2.30. The summed E-state index contributed by atoms with van der Waals surface area (Å²) in [4.78, 5) is 11.2. The third-order valence-electron chi connectivity index (χ3n) is 2.58. The van der Waals surface area contributed by atoms with Gasteiger partial charge in [-0.05, 0) is 61.3 Å². The summed E-state index contributed by atoms with van der Waals surface area (Å²) in [5, 5.41) is 0. The van der Waals surface area contributed by atoms with Gasteiger partial charge in [-0.15, -0.1) is 0 Å². The third-order valence-corrected chi connectivity index (χ3v) is 3.20. The Bertz CT molecular complexity index is 397. The topological polar surface area (TPSA) is 26.3 Å². The van der Waals surface area contributed by atoms with Crippen molar-refractivity contribution in [3.63, 3.8) is 0 Å². The van der Waals surface area contributed by atoms with Crippen LogP contribution in [0.5, 0.6) is 5.75 Å². The number of ketones is 1. The minimum Gasteiger partial charge on any atom is -0.487 e. The Morgan fingerprint density at radius 3 is 2.50 bits per heavy atom. The molecular formula is C13H17BrO2. The van der Waals surface area contributed by atoms with Gasteiger partial charge in [-0.2, -0.15) is 0 Å². The van der Waals surface area contributed by atoms with Gasteiger partial charge in [0.2, 0.25) is 0 Å². The Balaban J connectivity index is 2.96. The average molecular weight is 285 g/mol. The second kappa shape index (κ2) is 5.00. The van der Waals surface area contributed by atoms with Crippen LogP contribution in [0.2, 0.25) is 0 Å². The lowest BCUT2D eigenvalue weighted by molar-refractivity contribution is 0.101. The predicted molar refractivity (Wildman–Crippen MR) is 69.1 cm³/mol. The Morgan fingerprint density at radius 1 is 1.44 bits per heavy atom. The largest absolute Gasteiger partial charge is 0.487 e. The zero-order valence-corrected chi connectivity index (χ0v) is 11.7. The van der Waals surface area contributed by atoms with Crippen LogP contribution in [-0.2, 0) is 0 Å². The number of ether oxygens (including phenoxy) is 1. The quantitative estimate of drug-likeness (QED) is 0.774. The lowest BCUT2D eigenvalue weighted by Gasteiger charge is -2.25. The number of benzene rings is 1. The van der Waals surface area contributed by atoms with Crippen molar-refractivity contribution in [3.05, 3.63) is 28.2 Å². The van der Waals surface area contributed by atoms with Gasteiger partial charge in [0.1, 0.15) is 11.4 Å². The molecule has 1 rings (SSSR count). The first-order valence-corrected chi connectivity index (χ1v) is 6.14. The van der Waals surface area contributed by atoms with Crippen molar-refractivity contribution < 1.29 is 9.53 Å². The summed E-state index contributed by atoms with van der Waals surface area (Å²) >= 11 is 3.42. The second-order valence-electron chi connectivity index (χ2n) is 4.42. The Kier molecular flexibility index (Phi) is 4.14. The molecule has 0 N–H and O–H groups in total. The molecule has 0 saturated carbocycles. The highest BCUT2D eigenvalue weighted by Gasteiger charge is 2.18. The summed E-state index contributed by atoms with van der Waals surface area (Å²) in [7, 11) is 0. The molecule has 0 bridgehead atoms. The summed E-state index contributed by atoms with van der Waals surface area (Å²) in [6.07, 6.45) is 0.925. The molecule has 0 heterocycles. The molecule has 88 valence electrons. The lowest BCUT2D eigenvalue weighted by Crippen LogP contribution is -2.26. The fourth-order valence-corrected chi connectivity index (χ4v) is 1.63. The molecule has 0 spiro atoms. The zero-order valence-electron chi connectivity index (χ0n) is 10.1. The molecule has 0 aliphatic heterocycles. The molecule has 3 heteroatoms. The number of carbonyl (C=O) groups excluding carboxylic acids is 1. The van der Waals surface area contributed by atoms with Gasteiger partial charge in [-0.1, -0.05) is 6.92 Å². The molecule has 0 aliphatic carbocycles. The summed E-state index contributed by atoms with van der Waals surface area (Å²) in [5.41, 5.74) is 0.494. The van der Waals surface area contributed by atoms with Crippen molar-refractivity contribution in [1.29, 1.82) is 0 Å². The van der Waals surface area contributed by atoms with Gasteiger partial charge in [0, 0.05) is 5.56 Å². The summed E-state index contributed by atoms with van der Waals surface area (Å²) in [5.74, 6) is 0.832. The van der Waals surface area contributed by atoms with Gasteiger partial charge in [-0.25, -0.2) is 0 Å². The zero-order chi connectivity index (χ0) is 12.3. The molecule has 0 saturated heterocycles. The number of rotatable bonds is 4. The molecule has 0 amide bonds. The van der Waals surface area contributed by atoms with E-state index in [1.807, 2.05) is 19.9 Å². The molecule has 0 aliphatic rings. The van der Waals surface area contributed by atoms with Crippen molar-refractivity contribution in [3.8, 4) is 5.75 Å². The van der Waals surface area contributed by atoms with E-state index >= 15 is 0 Å². The van der Waals surface area contributed by atoms with Crippen LogP contribution in [0.15, 0.2) is 22.7 Å². The molecule has 16 heavy (non-hydrogen) atoms. The van der Waals surface area contributed by atoms with E-state index in [1.54, 1.807) is 19.1 Å². The van der Waals surface area contributed by atoms with Crippen molar-refractivity contribution in [2.24, 2.45) is 0 Å². The highest BCUT2D eigenvalue weighted by atomic mass is 79.9. The third kappa shape index (κ3) is 3.34. The SMILES string of the molecule is CCC(C)(C)Oc1ccc(C(C)=O)cc1Br. The maximum absolute atomic E-state index is 11.2. The minimum atomic E-state index is -0.194. The van der Waals surface area contributed by atoms with E-state index < -0.39 is 0 Å². The number of hydrogen-bond acceptors (Lipinski definition) is 2. The number of carbonyl (C=O) groups is 1.